The molecule has 0 saturated heterocycles. The van der Waals surface area contributed by atoms with Crippen LogP contribution >= 0.6 is 22.7 Å². The Morgan fingerprint density at radius 1 is 1.23 bits per heavy atom. The van der Waals surface area contributed by atoms with Crippen molar-refractivity contribution in [3.05, 3.63) is 44.8 Å². The van der Waals surface area contributed by atoms with Crippen LogP contribution in [0.25, 0.3) is 0 Å². The maximum atomic E-state index is 4.41. The van der Waals surface area contributed by atoms with E-state index in [0.717, 1.165) is 25.5 Å². The van der Waals surface area contributed by atoms with Gasteiger partial charge in [-0.2, -0.15) is 0 Å². The van der Waals surface area contributed by atoms with Crippen molar-refractivity contribution in [1.82, 2.24) is 10.2 Å². The molecule has 120 valence electrons. The fraction of sp³-hybridized carbons (Fsp3) is 0.471. The minimum atomic E-state index is 0.110. The molecule has 0 radical (unpaired) electrons. The van der Waals surface area contributed by atoms with Gasteiger partial charge in [-0.3, -0.25) is 4.99 Å². The number of thiophene rings is 2. The van der Waals surface area contributed by atoms with Gasteiger partial charge < -0.3 is 10.2 Å². The molecule has 0 unspecified atom stereocenters. The van der Waals surface area contributed by atoms with Crippen LogP contribution in [-0.2, 0) is 11.8 Å². The van der Waals surface area contributed by atoms with Gasteiger partial charge in [-0.1, -0.05) is 26.0 Å². The van der Waals surface area contributed by atoms with Crippen LogP contribution in [0.2, 0.25) is 0 Å². The van der Waals surface area contributed by atoms with Gasteiger partial charge in [0.1, 0.15) is 0 Å². The Bertz CT molecular complexity index is 571. The molecule has 0 fully saturated rings. The Balaban J connectivity index is 1.86. The Morgan fingerprint density at radius 3 is 2.55 bits per heavy atom. The van der Waals surface area contributed by atoms with E-state index in [1.165, 1.54) is 9.75 Å². The highest BCUT2D eigenvalue weighted by atomic mass is 32.1. The predicted octanol–water partition coefficient (Wildman–Crippen LogP) is 3.84. The Kier molecular flexibility index (Phi) is 6.03. The van der Waals surface area contributed by atoms with E-state index in [4.69, 9.17) is 0 Å². The molecular weight excluding hydrogens is 310 g/mol. The lowest BCUT2D eigenvalue weighted by Gasteiger charge is -2.28. The van der Waals surface area contributed by atoms with Crippen molar-refractivity contribution in [3.63, 3.8) is 0 Å². The highest BCUT2D eigenvalue weighted by molar-refractivity contribution is 7.10. The van der Waals surface area contributed by atoms with Crippen molar-refractivity contribution >= 4 is 28.6 Å². The first-order valence-electron chi connectivity index (χ1n) is 7.51. The van der Waals surface area contributed by atoms with Gasteiger partial charge in [-0.05, 0) is 29.3 Å². The lowest BCUT2D eigenvalue weighted by Crippen LogP contribution is -2.44. The quantitative estimate of drug-likeness (QED) is 0.641. The Hall–Kier alpha value is -1.33. The van der Waals surface area contributed by atoms with Crippen molar-refractivity contribution in [3.8, 4) is 0 Å². The van der Waals surface area contributed by atoms with Crippen LogP contribution in [0.1, 0.15) is 23.6 Å². The second-order valence-electron chi connectivity index (χ2n) is 6.01. The molecule has 0 amide bonds. The smallest absolute Gasteiger partial charge is 0.193 e. The van der Waals surface area contributed by atoms with Crippen LogP contribution in [0.3, 0.4) is 0 Å². The maximum absolute atomic E-state index is 4.41. The fourth-order valence-corrected chi connectivity index (χ4v) is 3.82. The highest BCUT2D eigenvalue weighted by Gasteiger charge is 2.22. The zero-order valence-corrected chi connectivity index (χ0v) is 15.4. The van der Waals surface area contributed by atoms with Crippen molar-refractivity contribution in [1.29, 1.82) is 0 Å². The molecular formula is C17H25N3S2. The summed E-state index contributed by atoms with van der Waals surface area (Å²) in [4.78, 5) is 9.43. The summed E-state index contributed by atoms with van der Waals surface area (Å²) < 4.78 is 0. The van der Waals surface area contributed by atoms with Gasteiger partial charge in [-0.15, -0.1) is 22.7 Å². The summed E-state index contributed by atoms with van der Waals surface area (Å²) in [6, 6.07) is 8.62. The molecule has 2 rings (SSSR count). The van der Waals surface area contributed by atoms with E-state index in [1.807, 2.05) is 29.7 Å². The van der Waals surface area contributed by atoms with Gasteiger partial charge in [0.2, 0.25) is 0 Å². The Morgan fingerprint density at radius 2 is 1.95 bits per heavy atom. The van der Waals surface area contributed by atoms with Gasteiger partial charge in [-0.25, -0.2) is 0 Å². The van der Waals surface area contributed by atoms with Crippen LogP contribution in [0.15, 0.2) is 40.0 Å². The molecule has 2 aromatic rings. The molecule has 22 heavy (non-hydrogen) atoms. The topological polar surface area (TPSA) is 27.6 Å². The summed E-state index contributed by atoms with van der Waals surface area (Å²) in [6.45, 7) is 6.39. The van der Waals surface area contributed by atoms with Gasteiger partial charge in [0.25, 0.3) is 0 Å². The number of guanidine groups is 1. The normalized spacial score (nSPS) is 12.5. The summed E-state index contributed by atoms with van der Waals surface area (Å²) in [5, 5.41) is 7.78. The second-order valence-corrected chi connectivity index (χ2v) is 7.99. The summed E-state index contributed by atoms with van der Waals surface area (Å²) in [5.41, 5.74) is 0.110. The summed E-state index contributed by atoms with van der Waals surface area (Å²) in [7, 11) is 3.95. The fourth-order valence-electron chi connectivity index (χ4n) is 2.27. The number of nitrogens with one attached hydrogen (secondary N) is 1. The molecule has 1 N–H and O–H groups in total. The first-order valence-corrected chi connectivity index (χ1v) is 9.27. The highest BCUT2D eigenvalue weighted by Crippen LogP contribution is 2.26. The average molecular weight is 336 g/mol. The predicted molar refractivity (Wildman–Crippen MR) is 99.4 cm³/mol. The lowest BCUT2D eigenvalue weighted by atomic mass is 9.91. The number of rotatable bonds is 6. The van der Waals surface area contributed by atoms with Crippen LogP contribution < -0.4 is 5.32 Å². The molecule has 0 saturated carbocycles. The van der Waals surface area contributed by atoms with Crippen molar-refractivity contribution in [2.24, 2.45) is 4.99 Å². The molecule has 0 aliphatic rings. The largest absolute Gasteiger partial charge is 0.355 e. The van der Waals surface area contributed by atoms with E-state index in [-0.39, 0.29) is 5.41 Å². The number of aliphatic imine (C=N–C) groups is 1. The van der Waals surface area contributed by atoms with E-state index in [2.05, 4.69) is 71.1 Å². The van der Waals surface area contributed by atoms with Crippen molar-refractivity contribution < 1.29 is 0 Å². The average Bonchev–Trinajstić information content (AvgIpc) is 3.19. The standard InChI is InChI=1S/C17H25N3S2/c1-17(2,15-8-6-12-22-15)13-19-16(18-3)20(4)10-9-14-7-5-11-21-14/h5-8,11-12H,9-10,13H2,1-4H3,(H,18,19). The molecule has 0 atom stereocenters. The zero-order valence-electron chi connectivity index (χ0n) is 13.8. The monoisotopic (exact) mass is 335 g/mol. The third-order valence-electron chi connectivity index (χ3n) is 3.72. The van der Waals surface area contributed by atoms with Crippen LogP contribution in [0.5, 0.6) is 0 Å². The molecule has 0 aliphatic carbocycles. The number of hydrogen-bond acceptors (Lipinski definition) is 3. The summed E-state index contributed by atoms with van der Waals surface area (Å²) >= 11 is 3.63. The first-order chi connectivity index (χ1) is 10.5. The van der Waals surface area contributed by atoms with Crippen molar-refractivity contribution in [2.45, 2.75) is 25.7 Å². The molecule has 0 aliphatic heterocycles. The third kappa shape index (κ3) is 4.58. The van der Waals surface area contributed by atoms with Gasteiger partial charge >= 0.3 is 0 Å². The molecule has 2 aromatic heterocycles. The minimum absolute atomic E-state index is 0.110. The van der Waals surface area contributed by atoms with Crippen LogP contribution in [0, 0.1) is 0 Å². The molecule has 3 nitrogen and oxygen atoms in total. The lowest BCUT2D eigenvalue weighted by molar-refractivity contribution is 0.459. The van der Waals surface area contributed by atoms with E-state index >= 15 is 0 Å². The van der Waals surface area contributed by atoms with E-state index < -0.39 is 0 Å². The van der Waals surface area contributed by atoms with Crippen LogP contribution in [-0.4, -0.2) is 38.0 Å². The SMILES string of the molecule is CN=C(NCC(C)(C)c1cccs1)N(C)CCc1cccs1. The zero-order chi connectivity index (χ0) is 16.0. The molecule has 2 heterocycles. The van der Waals surface area contributed by atoms with Gasteiger partial charge in [0, 0.05) is 42.4 Å². The molecule has 0 spiro atoms. The van der Waals surface area contributed by atoms with Gasteiger partial charge in [0.15, 0.2) is 5.96 Å². The third-order valence-corrected chi connectivity index (χ3v) is 5.90. The second kappa shape index (κ2) is 7.79. The number of likely N-dealkylation sites (N-methyl/N-ethyl adjacent to an activating group) is 1. The molecule has 0 bridgehead atoms. The van der Waals surface area contributed by atoms with Crippen LogP contribution in [0.4, 0.5) is 0 Å². The molecule has 5 heteroatoms. The Labute approximate surface area is 141 Å². The van der Waals surface area contributed by atoms with Crippen molar-refractivity contribution in [2.75, 3.05) is 27.2 Å². The molecule has 0 aromatic carbocycles. The maximum Gasteiger partial charge on any atom is 0.193 e. The van der Waals surface area contributed by atoms with E-state index in [9.17, 15) is 0 Å². The van der Waals surface area contributed by atoms with Gasteiger partial charge in [0.05, 0.1) is 0 Å². The number of hydrogen-bond donors (Lipinski definition) is 1. The summed E-state index contributed by atoms with van der Waals surface area (Å²) in [5.74, 6) is 0.959. The van der Waals surface area contributed by atoms with E-state index in [0.29, 0.717) is 0 Å². The number of nitrogens with zero attached hydrogens (tertiary/aromatic N) is 2. The van der Waals surface area contributed by atoms with E-state index in [1.54, 1.807) is 0 Å². The minimum Gasteiger partial charge on any atom is -0.355 e. The summed E-state index contributed by atoms with van der Waals surface area (Å²) in [6.07, 6.45) is 1.06. The first kappa shape index (κ1) is 17.0.